The predicted octanol–water partition coefficient (Wildman–Crippen LogP) is 7.32. The number of aliphatic hydroxyl groups excluding tert-OH is 1. The molecule has 5 atom stereocenters. The number of nitrogens with one attached hydrogen (secondary N) is 1. The summed E-state index contributed by atoms with van der Waals surface area (Å²) in [6.45, 7) is 3.75. The number of likely N-dealkylation sites (N-methyl/N-ethyl adjacent to an activating group) is 1. The minimum atomic E-state index is -0.984. The van der Waals surface area contributed by atoms with Crippen LogP contribution in [0.15, 0.2) is 133 Å². The molecule has 2 saturated heterocycles. The van der Waals surface area contributed by atoms with Gasteiger partial charge in [0, 0.05) is 24.6 Å². The molecule has 2 heterocycles. The summed E-state index contributed by atoms with van der Waals surface area (Å²) in [5.41, 5.74) is 7.38. The first kappa shape index (κ1) is 38.6. The van der Waals surface area contributed by atoms with Crippen LogP contribution in [-0.2, 0) is 50.1 Å². The van der Waals surface area contributed by atoms with Gasteiger partial charge in [-0.05, 0) is 58.1 Å². The minimum absolute atomic E-state index is 0.0254. The zero-order valence-corrected chi connectivity index (χ0v) is 31.6. The van der Waals surface area contributed by atoms with Gasteiger partial charge in [0.15, 0.2) is 6.29 Å². The Kier molecular flexibility index (Phi) is 12.3. The van der Waals surface area contributed by atoms with Crippen LogP contribution in [-0.4, -0.2) is 58.6 Å². The quantitative estimate of drug-likeness (QED) is 0.120. The Balaban J connectivity index is 1.05. The van der Waals surface area contributed by atoms with Gasteiger partial charge in [-0.25, -0.2) is 4.79 Å². The average molecular weight is 754 g/mol. The van der Waals surface area contributed by atoms with Crippen molar-refractivity contribution in [2.75, 3.05) is 13.6 Å². The molecule has 7 rings (SSSR count). The maximum absolute atomic E-state index is 13.3. The van der Waals surface area contributed by atoms with Gasteiger partial charge in [-0.15, -0.1) is 0 Å². The lowest BCUT2D eigenvalue weighted by atomic mass is 9.90. The van der Waals surface area contributed by atoms with Crippen molar-refractivity contribution in [1.82, 2.24) is 15.1 Å². The van der Waals surface area contributed by atoms with Crippen LogP contribution in [0.1, 0.15) is 59.1 Å². The van der Waals surface area contributed by atoms with Crippen molar-refractivity contribution in [2.45, 2.75) is 64.2 Å². The highest BCUT2D eigenvalue weighted by atomic mass is 16.7. The summed E-state index contributed by atoms with van der Waals surface area (Å²) in [5, 5.41) is 12.2. The van der Waals surface area contributed by atoms with Crippen molar-refractivity contribution < 1.29 is 33.7 Å². The Morgan fingerprint density at radius 2 is 1.45 bits per heavy atom. The van der Waals surface area contributed by atoms with Crippen molar-refractivity contribution in [3.05, 3.63) is 167 Å². The van der Waals surface area contributed by atoms with E-state index in [1.165, 1.54) is 10.5 Å². The molecule has 288 valence electrons. The van der Waals surface area contributed by atoms with Crippen LogP contribution in [0.3, 0.4) is 0 Å². The van der Waals surface area contributed by atoms with Crippen molar-refractivity contribution >= 4 is 17.9 Å². The molecule has 56 heavy (non-hydrogen) atoms. The molecule has 0 aromatic heterocycles. The molecule has 1 unspecified atom stereocenters. The molecule has 0 aliphatic carbocycles. The predicted molar refractivity (Wildman–Crippen MR) is 211 cm³/mol. The van der Waals surface area contributed by atoms with Gasteiger partial charge in [-0.2, -0.15) is 0 Å². The number of hydrogen-bond donors (Lipinski definition) is 2. The first-order valence-electron chi connectivity index (χ1n) is 19.0. The Morgan fingerprint density at radius 1 is 0.786 bits per heavy atom. The van der Waals surface area contributed by atoms with Gasteiger partial charge < -0.3 is 24.6 Å². The number of alkyl carbamates (subject to hydrolysis) is 1. The first-order valence-corrected chi connectivity index (χ1v) is 19.0. The highest BCUT2D eigenvalue weighted by Gasteiger charge is 2.40. The molecule has 2 fully saturated rings. The van der Waals surface area contributed by atoms with Crippen LogP contribution in [0.25, 0.3) is 11.1 Å². The van der Waals surface area contributed by atoms with Crippen molar-refractivity contribution in [3.63, 3.8) is 0 Å². The van der Waals surface area contributed by atoms with Crippen LogP contribution in [0.2, 0.25) is 0 Å². The van der Waals surface area contributed by atoms with Gasteiger partial charge in [-0.1, -0.05) is 128 Å². The lowest BCUT2D eigenvalue weighted by Gasteiger charge is -2.42. The number of nitrogens with zero attached hydrogens (tertiary/aromatic N) is 2. The van der Waals surface area contributed by atoms with Crippen LogP contribution in [0.4, 0.5) is 4.79 Å². The van der Waals surface area contributed by atoms with Crippen molar-refractivity contribution in [1.29, 1.82) is 0 Å². The number of benzene rings is 5. The maximum Gasteiger partial charge on any atom is 0.408 e. The standard InChI is InChI=1S/C46H47N3O7/c1-31-41(28-48(2)26-32-11-5-3-6-12-32)55-45(56-43(31)36-21-19-33(29-50)20-22-36)39-18-10-17-38(24-39)37-16-9-15-35(23-37)27-49-42(51)25-40(44(49)52)47-46(53)54-30-34-13-7-4-8-14-34/h3-24,31,40-41,43,45,50H,25-30H2,1-2H3,(H,47,53)/t31-,40?,41+,43+,45+/m0/s1. The summed E-state index contributed by atoms with van der Waals surface area (Å²) in [4.78, 5) is 42.2. The van der Waals surface area contributed by atoms with E-state index in [-0.39, 0.29) is 50.2 Å². The third-order valence-electron chi connectivity index (χ3n) is 10.4. The molecule has 2 aliphatic heterocycles. The second-order valence-electron chi connectivity index (χ2n) is 14.6. The Morgan fingerprint density at radius 3 is 2.16 bits per heavy atom. The fraction of sp³-hybridized carbons (Fsp3) is 0.283. The summed E-state index contributed by atoms with van der Waals surface area (Å²) >= 11 is 0. The highest BCUT2D eigenvalue weighted by Crippen LogP contribution is 2.42. The molecule has 3 amide bonds. The second kappa shape index (κ2) is 17.9. The minimum Gasteiger partial charge on any atom is -0.445 e. The van der Waals surface area contributed by atoms with Gasteiger partial charge in [0.1, 0.15) is 12.6 Å². The zero-order chi connectivity index (χ0) is 39.0. The van der Waals surface area contributed by atoms with Crippen molar-refractivity contribution in [3.8, 4) is 11.1 Å². The molecule has 0 radical (unpaired) electrons. The monoisotopic (exact) mass is 753 g/mol. The number of imide groups is 1. The van der Waals surface area contributed by atoms with Crippen LogP contribution >= 0.6 is 0 Å². The fourth-order valence-electron chi connectivity index (χ4n) is 7.36. The number of carbonyl (C=O) groups is 3. The second-order valence-corrected chi connectivity index (χ2v) is 14.6. The summed E-state index contributed by atoms with van der Waals surface area (Å²) < 4.78 is 18.8. The van der Waals surface area contributed by atoms with Crippen LogP contribution < -0.4 is 5.32 Å². The summed E-state index contributed by atoms with van der Waals surface area (Å²) in [6, 6.07) is 42.3. The molecule has 0 saturated carbocycles. The Hall–Kier alpha value is -5.65. The number of carbonyl (C=O) groups excluding carboxylic acids is 3. The number of hydrogen-bond acceptors (Lipinski definition) is 8. The van der Waals surface area contributed by atoms with E-state index in [0.29, 0.717) is 6.54 Å². The van der Waals surface area contributed by atoms with E-state index in [4.69, 9.17) is 14.2 Å². The molecular weight excluding hydrogens is 707 g/mol. The smallest absolute Gasteiger partial charge is 0.408 e. The summed E-state index contributed by atoms with van der Waals surface area (Å²) in [7, 11) is 2.10. The van der Waals surface area contributed by atoms with E-state index in [1.807, 2.05) is 103 Å². The molecule has 5 aromatic carbocycles. The fourth-order valence-corrected chi connectivity index (χ4v) is 7.36. The molecule has 5 aromatic rings. The largest absolute Gasteiger partial charge is 0.445 e. The van der Waals surface area contributed by atoms with Gasteiger partial charge >= 0.3 is 6.09 Å². The molecule has 10 nitrogen and oxygen atoms in total. The maximum atomic E-state index is 13.3. The topological polar surface area (TPSA) is 118 Å². The Bertz CT molecular complexity index is 2110. The average Bonchev–Trinajstić information content (AvgIpc) is 3.48. The molecule has 0 spiro atoms. The lowest BCUT2D eigenvalue weighted by molar-refractivity contribution is -0.276. The van der Waals surface area contributed by atoms with E-state index in [1.54, 1.807) is 0 Å². The number of amides is 3. The summed E-state index contributed by atoms with van der Waals surface area (Å²) in [5.74, 6) is -0.791. The molecule has 0 bridgehead atoms. The van der Waals surface area contributed by atoms with Crippen LogP contribution in [0.5, 0.6) is 0 Å². The van der Waals surface area contributed by atoms with Crippen LogP contribution in [0, 0.1) is 5.92 Å². The lowest BCUT2D eigenvalue weighted by Crippen LogP contribution is -2.43. The zero-order valence-electron chi connectivity index (χ0n) is 31.6. The van der Waals surface area contributed by atoms with Gasteiger partial charge in [0.2, 0.25) is 5.91 Å². The van der Waals surface area contributed by atoms with E-state index < -0.39 is 24.3 Å². The van der Waals surface area contributed by atoms with E-state index >= 15 is 0 Å². The molecule has 2 aliphatic rings. The van der Waals surface area contributed by atoms with E-state index in [0.717, 1.165) is 45.5 Å². The number of aliphatic hydroxyl groups is 1. The highest BCUT2D eigenvalue weighted by molar-refractivity contribution is 6.06. The number of likely N-dealkylation sites (tertiary alicyclic amines) is 1. The van der Waals surface area contributed by atoms with E-state index in [2.05, 4.69) is 54.5 Å². The van der Waals surface area contributed by atoms with Gasteiger partial charge in [0.25, 0.3) is 5.91 Å². The van der Waals surface area contributed by atoms with Gasteiger partial charge in [0.05, 0.1) is 31.8 Å². The van der Waals surface area contributed by atoms with E-state index in [9.17, 15) is 19.5 Å². The number of rotatable bonds is 13. The SMILES string of the molecule is C[C@H]1[C@@H](CN(C)Cc2ccccc2)O[C@@H](c2cccc(-c3cccc(CN4C(=O)CC(NC(=O)OCc5ccccc5)C4=O)c3)c2)O[C@H]1c1ccc(CO)cc1. The normalized spacial score (nSPS) is 21.0. The van der Waals surface area contributed by atoms with Gasteiger partial charge in [-0.3, -0.25) is 19.4 Å². The van der Waals surface area contributed by atoms with Crippen molar-refractivity contribution in [2.24, 2.45) is 5.92 Å². The molecule has 10 heteroatoms. The molecular formula is C46H47N3O7. The third kappa shape index (κ3) is 9.41. The first-order chi connectivity index (χ1) is 27.2. The third-order valence-corrected chi connectivity index (χ3v) is 10.4. The Labute approximate surface area is 327 Å². The summed E-state index contributed by atoms with van der Waals surface area (Å²) in [6.07, 6.45) is -1.91. The molecule has 2 N–H and O–H groups in total. The number of ether oxygens (including phenoxy) is 3.